The Balaban J connectivity index is 1.12. The maximum atomic E-state index is 13.7. The Morgan fingerprint density at radius 2 is 1.56 bits per heavy atom. The molecule has 1 N–H and O–H groups in total. The van der Waals surface area contributed by atoms with Crippen molar-refractivity contribution < 1.29 is 33.3 Å². The molecule has 3 heterocycles. The molecule has 0 bridgehead atoms. The number of pyridine rings is 1. The van der Waals surface area contributed by atoms with E-state index in [2.05, 4.69) is 22.3 Å². The van der Waals surface area contributed by atoms with Gasteiger partial charge < -0.3 is 24.2 Å². The Hall–Kier alpha value is -4.65. The zero-order valence-electron chi connectivity index (χ0n) is 29.9. The molecule has 0 aliphatic carbocycles. The fourth-order valence-electron chi connectivity index (χ4n) is 6.41. The van der Waals surface area contributed by atoms with E-state index in [0.717, 1.165) is 42.9 Å². The molecule has 1 aliphatic heterocycles. The van der Waals surface area contributed by atoms with Gasteiger partial charge in [0, 0.05) is 43.0 Å². The molecule has 3 aromatic carbocycles. The van der Waals surface area contributed by atoms with Gasteiger partial charge in [0.1, 0.15) is 33.2 Å². The van der Waals surface area contributed by atoms with Gasteiger partial charge in [-0.25, -0.2) is 9.59 Å². The number of aromatic nitrogens is 1. The van der Waals surface area contributed by atoms with Gasteiger partial charge in [-0.15, -0.1) is 11.3 Å². The molecule has 0 saturated carbocycles. The van der Waals surface area contributed by atoms with Crippen molar-refractivity contribution in [2.45, 2.75) is 50.6 Å². The van der Waals surface area contributed by atoms with Gasteiger partial charge in [0.05, 0.1) is 14.2 Å². The molecule has 282 valence electrons. The quantitative estimate of drug-likeness (QED) is 0.0643. The predicted octanol–water partition coefficient (Wildman–Crippen LogP) is 7.89. The first-order valence-corrected chi connectivity index (χ1v) is 19.1. The van der Waals surface area contributed by atoms with Crippen molar-refractivity contribution in [3.63, 3.8) is 0 Å². The van der Waals surface area contributed by atoms with Crippen LogP contribution in [-0.2, 0) is 33.8 Å². The number of hydrogen-bond acceptors (Lipinski definition) is 10. The first-order valence-electron chi connectivity index (χ1n) is 17.5. The van der Waals surface area contributed by atoms with Crippen molar-refractivity contribution in [3.05, 3.63) is 151 Å². The number of thiophene rings is 1. The Bertz CT molecular complexity index is 2000. The highest BCUT2D eigenvalue weighted by Gasteiger charge is 2.29. The van der Waals surface area contributed by atoms with Gasteiger partial charge in [0.15, 0.2) is 23.9 Å². The standard InChI is InChI=1S/C41H41Cl2N3O7S/c1-50-35-15-13-29(21-37(35)51-2)36(22-32-33(42)25-46(49)26-34(32)43)53-40(47)38-16-14-31(54-38)23-44-39(28-11-7-4-8-12-28)41(48)52-30-17-19-45(20-18-30)24-27-9-5-3-6-10-27/h3-16,21,25-26,30,36,39,44H,17-20,22-24H2,1-2H3/t36-,39?/m0/s1. The van der Waals surface area contributed by atoms with Crippen molar-refractivity contribution in [2.75, 3.05) is 27.3 Å². The average Bonchev–Trinajstić information content (AvgIpc) is 3.66. The number of benzene rings is 3. The molecule has 2 atom stereocenters. The van der Waals surface area contributed by atoms with E-state index in [0.29, 0.717) is 38.8 Å². The molecule has 6 rings (SSSR count). The van der Waals surface area contributed by atoms with E-state index in [-0.39, 0.29) is 28.5 Å². The number of halogens is 2. The fraction of sp³-hybridized carbons (Fsp3) is 0.293. The lowest BCUT2D eigenvalue weighted by Crippen LogP contribution is -2.39. The fourth-order valence-corrected chi connectivity index (χ4v) is 7.85. The van der Waals surface area contributed by atoms with Crippen LogP contribution in [0.4, 0.5) is 0 Å². The van der Waals surface area contributed by atoms with Crippen LogP contribution in [0.5, 0.6) is 11.5 Å². The third-order valence-corrected chi connectivity index (χ3v) is 11.0. The number of piperidine rings is 1. The van der Waals surface area contributed by atoms with Crippen molar-refractivity contribution >= 4 is 46.5 Å². The summed E-state index contributed by atoms with van der Waals surface area (Å²) in [6.45, 7) is 2.89. The number of ether oxygens (including phenoxy) is 4. The first-order chi connectivity index (χ1) is 26.2. The van der Waals surface area contributed by atoms with Gasteiger partial charge in [-0.2, -0.15) is 4.73 Å². The molecule has 2 aromatic heterocycles. The van der Waals surface area contributed by atoms with Gasteiger partial charge in [-0.05, 0) is 53.8 Å². The predicted molar refractivity (Wildman–Crippen MR) is 208 cm³/mol. The van der Waals surface area contributed by atoms with E-state index in [1.165, 1.54) is 43.5 Å². The van der Waals surface area contributed by atoms with Gasteiger partial charge in [-0.3, -0.25) is 10.2 Å². The Kier molecular flexibility index (Phi) is 13.4. The Morgan fingerprint density at radius 3 is 2.22 bits per heavy atom. The van der Waals surface area contributed by atoms with Crippen LogP contribution in [0.25, 0.3) is 0 Å². The lowest BCUT2D eigenvalue weighted by atomic mass is 10.0. The van der Waals surface area contributed by atoms with Crippen LogP contribution in [-0.4, -0.2) is 50.3 Å². The van der Waals surface area contributed by atoms with E-state index in [4.69, 9.17) is 42.1 Å². The lowest BCUT2D eigenvalue weighted by molar-refractivity contribution is -0.605. The van der Waals surface area contributed by atoms with Crippen molar-refractivity contribution in [2.24, 2.45) is 0 Å². The number of carbonyl (C=O) groups excluding carboxylic acids is 2. The molecule has 1 unspecified atom stereocenters. The summed E-state index contributed by atoms with van der Waals surface area (Å²) < 4.78 is 23.6. The van der Waals surface area contributed by atoms with Crippen LogP contribution >= 0.6 is 34.5 Å². The molecule has 10 nitrogen and oxygen atoms in total. The highest BCUT2D eigenvalue weighted by Crippen LogP contribution is 2.36. The number of hydrogen-bond donors (Lipinski definition) is 1. The monoisotopic (exact) mass is 789 g/mol. The highest BCUT2D eigenvalue weighted by molar-refractivity contribution is 7.13. The van der Waals surface area contributed by atoms with Gasteiger partial charge in [0.2, 0.25) is 0 Å². The zero-order valence-corrected chi connectivity index (χ0v) is 32.2. The maximum Gasteiger partial charge on any atom is 0.348 e. The maximum absolute atomic E-state index is 13.7. The number of nitrogens with zero attached hydrogens (tertiary/aromatic N) is 2. The van der Waals surface area contributed by atoms with E-state index in [9.17, 15) is 14.8 Å². The number of esters is 2. The number of nitrogens with one attached hydrogen (secondary N) is 1. The van der Waals surface area contributed by atoms with Crippen LogP contribution in [0, 0.1) is 5.21 Å². The molecular formula is C41H41Cl2N3O7S. The number of likely N-dealkylation sites (tertiary alicyclic amines) is 1. The lowest BCUT2D eigenvalue weighted by Gasteiger charge is -2.32. The van der Waals surface area contributed by atoms with Crippen LogP contribution in [0.2, 0.25) is 10.0 Å². The van der Waals surface area contributed by atoms with Crippen molar-refractivity contribution in [1.82, 2.24) is 10.2 Å². The molecule has 0 radical (unpaired) electrons. The van der Waals surface area contributed by atoms with Gasteiger partial charge >= 0.3 is 11.9 Å². The van der Waals surface area contributed by atoms with E-state index in [1.54, 1.807) is 24.3 Å². The molecule has 5 aromatic rings. The van der Waals surface area contributed by atoms with E-state index < -0.39 is 18.1 Å². The Morgan fingerprint density at radius 1 is 0.889 bits per heavy atom. The molecule has 1 aliphatic rings. The minimum Gasteiger partial charge on any atom is -0.619 e. The zero-order chi connectivity index (χ0) is 38.0. The topological polar surface area (TPSA) is 113 Å². The molecule has 0 amide bonds. The molecule has 13 heteroatoms. The second kappa shape index (κ2) is 18.6. The molecule has 0 spiro atoms. The molecule has 1 fully saturated rings. The summed E-state index contributed by atoms with van der Waals surface area (Å²) in [5.41, 5.74) is 3.12. The summed E-state index contributed by atoms with van der Waals surface area (Å²) in [5.74, 6) is 0.0538. The van der Waals surface area contributed by atoms with Crippen molar-refractivity contribution in [1.29, 1.82) is 0 Å². The van der Waals surface area contributed by atoms with E-state index in [1.807, 2.05) is 54.6 Å². The third-order valence-electron chi connectivity index (χ3n) is 9.25. The minimum atomic E-state index is -0.846. The molecular weight excluding hydrogens is 749 g/mol. The summed E-state index contributed by atoms with van der Waals surface area (Å²) in [7, 11) is 3.04. The van der Waals surface area contributed by atoms with Gasteiger partial charge in [0.25, 0.3) is 0 Å². The van der Waals surface area contributed by atoms with Crippen LogP contribution < -0.4 is 19.5 Å². The SMILES string of the molecule is COc1ccc([C@H](Cc2c(Cl)c[n+]([O-])cc2Cl)OC(=O)c2ccc(CNC(C(=O)OC3CCN(Cc4ccccc4)CC3)c3ccccc3)s2)cc1OC. The number of carbonyl (C=O) groups is 2. The molecule has 1 saturated heterocycles. The third kappa shape index (κ3) is 10.1. The van der Waals surface area contributed by atoms with E-state index >= 15 is 0 Å². The Labute approximate surface area is 328 Å². The van der Waals surface area contributed by atoms with Crippen LogP contribution in [0.1, 0.15) is 61.8 Å². The van der Waals surface area contributed by atoms with Crippen LogP contribution in [0.3, 0.4) is 0 Å². The number of methoxy groups -OCH3 is 2. The summed E-state index contributed by atoms with van der Waals surface area (Å²) in [6, 6.07) is 27.9. The highest BCUT2D eigenvalue weighted by atomic mass is 35.5. The first kappa shape index (κ1) is 39.1. The largest absolute Gasteiger partial charge is 0.619 e. The summed E-state index contributed by atoms with van der Waals surface area (Å²) in [5, 5.41) is 15.6. The van der Waals surface area contributed by atoms with Crippen molar-refractivity contribution in [3.8, 4) is 11.5 Å². The normalized spacial score (nSPS) is 14.6. The average molecular weight is 791 g/mol. The molecule has 54 heavy (non-hydrogen) atoms. The summed E-state index contributed by atoms with van der Waals surface area (Å²) >= 11 is 14.1. The summed E-state index contributed by atoms with van der Waals surface area (Å²) in [6.07, 6.45) is 3.00. The summed E-state index contributed by atoms with van der Waals surface area (Å²) in [4.78, 5) is 30.9. The van der Waals surface area contributed by atoms with Gasteiger partial charge in [-0.1, -0.05) is 89.9 Å². The minimum absolute atomic E-state index is 0.0897. The second-order valence-electron chi connectivity index (χ2n) is 12.9. The second-order valence-corrected chi connectivity index (χ2v) is 14.9. The number of rotatable bonds is 15. The smallest absolute Gasteiger partial charge is 0.348 e. The van der Waals surface area contributed by atoms with Crippen LogP contribution in [0.15, 0.2) is 103 Å².